The minimum absolute atomic E-state index is 0.0161. The van der Waals surface area contributed by atoms with Gasteiger partial charge in [-0.3, -0.25) is 0 Å². The Morgan fingerprint density at radius 2 is 1.70 bits per heavy atom. The van der Waals surface area contributed by atoms with Crippen LogP contribution in [0.25, 0.3) is 0 Å². The Labute approximate surface area is 119 Å². The van der Waals surface area contributed by atoms with E-state index in [-0.39, 0.29) is 6.23 Å². The van der Waals surface area contributed by atoms with E-state index in [1.807, 2.05) is 48.3 Å². The van der Waals surface area contributed by atoms with E-state index in [1.165, 1.54) is 0 Å². The number of ether oxygens (including phenoxy) is 1. The fourth-order valence-electron chi connectivity index (χ4n) is 2.42. The van der Waals surface area contributed by atoms with Crippen molar-refractivity contribution in [2.24, 2.45) is 5.10 Å². The van der Waals surface area contributed by atoms with Gasteiger partial charge < -0.3 is 4.74 Å². The smallest absolute Gasteiger partial charge is 0.156 e. The van der Waals surface area contributed by atoms with Crippen molar-refractivity contribution in [3.63, 3.8) is 0 Å². The molecule has 3 nitrogen and oxygen atoms in total. The van der Waals surface area contributed by atoms with Gasteiger partial charge in [0.2, 0.25) is 0 Å². The number of benzene rings is 2. The summed E-state index contributed by atoms with van der Waals surface area (Å²) < 4.78 is 5.83. The van der Waals surface area contributed by atoms with Gasteiger partial charge in [-0.25, -0.2) is 5.01 Å². The summed E-state index contributed by atoms with van der Waals surface area (Å²) in [7, 11) is 0. The predicted octanol–water partition coefficient (Wildman–Crippen LogP) is 3.66. The number of rotatable bonds is 4. The van der Waals surface area contributed by atoms with Crippen molar-refractivity contribution < 1.29 is 4.74 Å². The molecule has 20 heavy (non-hydrogen) atoms. The molecular formula is C17H18N2O. The minimum atomic E-state index is -0.0161. The lowest BCUT2D eigenvalue weighted by Gasteiger charge is -2.22. The minimum Gasteiger partial charge on any atom is -0.356 e. The number of anilines is 1. The van der Waals surface area contributed by atoms with Gasteiger partial charge in [-0.2, -0.15) is 5.10 Å². The molecule has 1 atom stereocenters. The SMILES string of the molecule is CCO[C@H]1CC(c2ccccc2)=NN1c1ccccc1. The van der Waals surface area contributed by atoms with E-state index in [0.717, 1.165) is 23.4 Å². The zero-order valence-electron chi connectivity index (χ0n) is 11.6. The third-order valence-electron chi connectivity index (χ3n) is 3.36. The van der Waals surface area contributed by atoms with Crippen molar-refractivity contribution in [2.45, 2.75) is 19.6 Å². The molecule has 3 rings (SSSR count). The second-order valence-electron chi connectivity index (χ2n) is 4.71. The van der Waals surface area contributed by atoms with Crippen LogP contribution in [0.2, 0.25) is 0 Å². The molecule has 0 unspecified atom stereocenters. The molecule has 1 aliphatic rings. The van der Waals surface area contributed by atoms with Crippen LogP contribution in [0.5, 0.6) is 0 Å². The summed E-state index contributed by atoms with van der Waals surface area (Å²) in [6.07, 6.45) is 0.796. The topological polar surface area (TPSA) is 24.8 Å². The molecule has 0 bridgehead atoms. The van der Waals surface area contributed by atoms with Gasteiger partial charge in [0, 0.05) is 13.0 Å². The molecule has 1 aliphatic heterocycles. The van der Waals surface area contributed by atoms with Crippen molar-refractivity contribution in [1.29, 1.82) is 0 Å². The Balaban J connectivity index is 1.91. The highest BCUT2D eigenvalue weighted by molar-refractivity contribution is 6.02. The first-order valence-electron chi connectivity index (χ1n) is 6.97. The van der Waals surface area contributed by atoms with Crippen molar-refractivity contribution in [1.82, 2.24) is 0 Å². The van der Waals surface area contributed by atoms with Crippen molar-refractivity contribution in [3.8, 4) is 0 Å². The molecule has 0 saturated heterocycles. The molecule has 0 amide bonds. The number of hydrazone groups is 1. The van der Waals surface area contributed by atoms with Gasteiger partial charge in [-0.05, 0) is 24.6 Å². The summed E-state index contributed by atoms with van der Waals surface area (Å²) in [6.45, 7) is 2.70. The first kappa shape index (κ1) is 12.9. The van der Waals surface area contributed by atoms with Gasteiger partial charge in [0.15, 0.2) is 6.23 Å². The highest BCUT2D eigenvalue weighted by atomic mass is 16.5. The largest absolute Gasteiger partial charge is 0.356 e. The summed E-state index contributed by atoms with van der Waals surface area (Å²) in [5, 5.41) is 6.73. The Hall–Kier alpha value is -2.13. The Kier molecular flexibility index (Phi) is 3.79. The zero-order chi connectivity index (χ0) is 13.8. The fourth-order valence-corrected chi connectivity index (χ4v) is 2.42. The van der Waals surface area contributed by atoms with E-state index < -0.39 is 0 Å². The first-order valence-corrected chi connectivity index (χ1v) is 6.97. The van der Waals surface area contributed by atoms with Gasteiger partial charge in [0.05, 0.1) is 11.4 Å². The molecule has 0 N–H and O–H groups in total. The summed E-state index contributed by atoms with van der Waals surface area (Å²) in [4.78, 5) is 0. The monoisotopic (exact) mass is 266 g/mol. The maximum absolute atomic E-state index is 5.83. The van der Waals surface area contributed by atoms with E-state index in [0.29, 0.717) is 6.61 Å². The molecule has 0 aliphatic carbocycles. The van der Waals surface area contributed by atoms with E-state index in [9.17, 15) is 0 Å². The quantitative estimate of drug-likeness (QED) is 0.843. The van der Waals surface area contributed by atoms with Gasteiger partial charge in [0.25, 0.3) is 0 Å². The van der Waals surface area contributed by atoms with E-state index in [1.54, 1.807) is 0 Å². The predicted molar refractivity (Wildman–Crippen MR) is 81.9 cm³/mol. The van der Waals surface area contributed by atoms with Crippen LogP contribution in [0.1, 0.15) is 18.9 Å². The molecule has 2 aromatic rings. The third kappa shape index (κ3) is 2.58. The molecule has 0 aromatic heterocycles. The average molecular weight is 266 g/mol. The summed E-state index contributed by atoms with van der Waals surface area (Å²) in [5.41, 5.74) is 3.31. The van der Waals surface area contributed by atoms with Crippen LogP contribution in [0.15, 0.2) is 65.8 Å². The Bertz CT molecular complexity index is 580. The molecule has 0 saturated carbocycles. The summed E-state index contributed by atoms with van der Waals surface area (Å²) in [5.74, 6) is 0. The van der Waals surface area contributed by atoms with Gasteiger partial charge in [0.1, 0.15) is 0 Å². The molecule has 0 fully saturated rings. The second-order valence-corrected chi connectivity index (χ2v) is 4.71. The third-order valence-corrected chi connectivity index (χ3v) is 3.36. The number of hydrogen-bond acceptors (Lipinski definition) is 3. The normalized spacial score (nSPS) is 18.1. The van der Waals surface area contributed by atoms with Crippen LogP contribution in [0.3, 0.4) is 0 Å². The lowest BCUT2D eigenvalue weighted by Crippen LogP contribution is -2.29. The van der Waals surface area contributed by atoms with Crippen molar-refractivity contribution >= 4 is 11.4 Å². The molecule has 102 valence electrons. The molecule has 3 heteroatoms. The molecule has 0 spiro atoms. The molecule has 1 heterocycles. The first-order chi connectivity index (χ1) is 9.88. The van der Waals surface area contributed by atoms with Crippen LogP contribution in [-0.2, 0) is 4.74 Å². The Morgan fingerprint density at radius 1 is 1.05 bits per heavy atom. The average Bonchev–Trinajstić information content (AvgIpc) is 2.94. The van der Waals surface area contributed by atoms with Gasteiger partial charge in [-0.15, -0.1) is 0 Å². The van der Waals surface area contributed by atoms with Crippen LogP contribution in [-0.4, -0.2) is 18.5 Å². The highest BCUT2D eigenvalue weighted by Crippen LogP contribution is 2.27. The van der Waals surface area contributed by atoms with Crippen LogP contribution in [0.4, 0.5) is 5.69 Å². The van der Waals surface area contributed by atoms with Crippen LogP contribution < -0.4 is 5.01 Å². The number of nitrogens with zero attached hydrogens (tertiary/aromatic N) is 2. The van der Waals surface area contributed by atoms with Crippen LogP contribution in [0, 0.1) is 0 Å². The summed E-state index contributed by atoms with van der Waals surface area (Å²) in [6, 6.07) is 20.5. The van der Waals surface area contributed by atoms with Crippen molar-refractivity contribution in [3.05, 3.63) is 66.2 Å². The van der Waals surface area contributed by atoms with E-state index in [4.69, 9.17) is 9.84 Å². The van der Waals surface area contributed by atoms with Crippen LogP contribution >= 0.6 is 0 Å². The number of para-hydroxylation sites is 1. The Morgan fingerprint density at radius 3 is 2.35 bits per heavy atom. The maximum atomic E-state index is 5.83. The lowest BCUT2D eigenvalue weighted by molar-refractivity contribution is 0.0715. The number of hydrogen-bond donors (Lipinski definition) is 0. The van der Waals surface area contributed by atoms with Gasteiger partial charge >= 0.3 is 0 Å². The molecular weight excluding hydrogens is 248 g/mol. The van der Waals surface area contributed by atoms with Crippen molar-refractivity contribution in [2.75, 3.05) is 11.6 Å². The fraction of sp³-hybridized carbons (Fsp3) is 0.235. The lowest BCUT2D eigenvalue weighted by atomic mass is 10.1. The van der Waals surface area contributed by atoms with E-state index in [2.05, 4.69) is 24.3 Å². The molecule has 0 radical (unpaired) electrons. The standard InChI is InChI=1S/C17H18N2O/c1-2-20-17-13-16(14-9-5-3-6-10-14)18-19(17)15-11-7-4-8-12-15/h3-12,17H,2,13H2,1H3/t17-/m0/s1. The zero-order valence-corrected chi connectivity index (χ0v) is 11.6. The summed E-state index contributed by atoms with van der Waals surface area (Å²) >= 11 is 0. The molecule has 2 aromatic carbocycles. The van der Waals surface area contributed by atoms with E-state index >= 15 is 0 Å². The second kappa shape index (κ2) is 5.88. The van der Waals surface area contributed by atoms with Gasteiger partial charge in [-0.1, -0.05) is 48.5 Å². The highest BCUT2D eigenvalue weighted by Gasteiger charge is 2.28. The maximum Gasteiger partial charge on any atom is 0.156 e.